The molecule has 0 aliphatic rings. The van der Waals surface area contributed by atoms with Crippen molar-refractivity contribution in [2.24, 2.45) is 0 Å². The summed E-state index contributed by atoms with van der Waals surface area (Å²) in [5, 5.41) is 2.91. The average Bonchev–Trinajstić information content (AvgIpc) is 3.22. The molecule has 190 valence electrons. The van der Waals surface area contributed by atoms with Crippen molar-refractivity contribution >= 4 is 16.9 Å². The molecule has 3 aromatic rings. The summed E-state index contributed by atoms with van der Waals surface area (Å²) in [6.45, 7) is 3.27. The van der Waals surface area contributed by atoms with Crippen LogP contribution in [-0.4, -0.2) is 56.0 Å². The van der Waals surface area contributed by atoms with Crippen molar-refractivity contribution in [2.75, 3.05) is 40.6 Å². The number of rotatable bonds is 16. The van der Waals surface area contributed by atoms with E-state index in [0.29, 0.717) is 32.8 Å². The first-order valence-corrected chi connectivity index (χ1v) is 12.3. The van der Waals surface area contributed by atoms with Crippen molar-refractivity contribution in [2.45, 2.75) is 45.1 Å². The van der Waals surface area contributed by atoms with Gasteiger partial charge in [-0.2, -0.15) is 0 Å². The number of fused-ring (bicyclic) bond motifs is 1. The van der Waals surface area contributed by atoms with E-state index in [1.165, 1.54) is 12.1 Å². The number of unbranched alkanes of at least 4 members (excludes halogenated alkanes) is 2. The zero-order valence-electron chi connectivity index (χ0n) is 20.7. The Hall–Kier alpha value is -2.97. The average molecular weight is 486 g/mol. The summed E-state index contributed by atoms with van der Waals surface area (Å²) < 4.78 is 31.8. The van der Waals surface area contributed by atoms with E-state index in [4.69, 9.17) is 19.2 Å². The van der Waals surface area contributed by atoms with E-state index in [1.807, 2.05) is 18.2 Å². The van der Waals surface area contributed by atoms with Crippen LogP contribution in [0.15, 0.2) is 42.5 Å². The number of nitrogens with zero attached hydrogens (tertiary/aromatic N) is 2. The molecule has 0 fully saturated rings. The number of carbonyl (C=O) groups excluding carboxylic acids is 1. The molecule has 8 heteroatoms. The molecule has 0 aliphatic carbocycles. The van der Waals surface area contributed by atoms with Crippen LogP contribution in [-0.2, 0) is 20.8 Å². The summed E-state index contributed by atoms with van der Waals surface area (Å²) >= 11 is 0. The van der Waals surface area contributed by atoms with Crippen LogP contribution in [0.2, 0.25) is 0 Å². The molecule has 35 heavy (non-hydrogen) atoms. The van der Waals surface area contributed by atoms with Gasteiger partial charge in [-0.15, -0.1) is 0 Å². The quantitative estimate of drug-likeness (QED) is 0.290. The number of methoxy groups -OCH3 is 2. The molecule has 0 bridgehead atoms. The van der Waals surface area contributed by atoms with Crippen LogP contribution in [0.4, 0.5) is 4.39 Å². The molecule has 3 rings (SSSR count). The summed E-state index contributed by atoms with van der Waals surface area (Å²) in [5.41, 5.74) is 2.71. The highest BCUT2D eigenvalue weighted by Gasteiger charge is 2.14. The third-order valence-electron chi connectivity index (χ3n) is 5.72. The van der Waals surface area contributed by atoms with Crippen LogP contribution in [0, 0.1) is 5.82 Å². The van der Waals surface area contributed by atoms with Gasteiger partial charge < -0.3 is 24.1 Å². The Balaban J connectivity index is 1.55. The van der Waals surface area contributed by atoms with Crippen LogP contribution in [0.25, 0.3) is 22.4 Å². The van der Waals surface area contributed by atoms with Crippen LogP contribution in [0.3, 0.4) is 0 Å². The molecule has 0 unspecified atom stereocenters. The highest BCUT2D eigenvalue weighted by molar-refractivity contribution is 5.82. The van der Waals surface area contributed by atoms with Gasteiger partial charge in [-0.05, 0) is 68.5 Å². The molecule has 0 spiro atoms. The first kappa shape index (κ1) is 26.6. The maximum Gasteiger partial charge on any atom is 0.219 e. The van der Waals surface area contributed by atoms with E-state index in [1.54, 1.807) is 26.4 Å². The second-order valence-electron chi connectivity index (χ2n) is 8.45. The SMILES string of the molecule is COCCCNC(=O)CCCCCOc1ccc2nc(-c3ccc(F)cc3)n(CCCOC)c2c1. The van der Waals surface area contributed by atoms with Crippen molar-refractivity contribution in [3.63, 3.8) is 0 Å². The fourth-order valence-corrected chi connectivity index (χ4v) is 3.89. The van der Waals surface area contributed by atoms with Gasteiger partial charge in [-0.1, -0.05) is 0 Å². The van der Waals surface area contributed by atoms with E-state index in [2.05, 4.69) is 9.88 Å². The lowest BCUT2D eigenvalue weighted by Crippen LogP contribution is -2.24. The van der Waals surface area contributed by atoms with Gasteiger partial charge in [0, 0.05) is 58.6 Å². The zero-order chi connectivity index (χ0) is 24.9. The Morgan fingerprint density at radius 2 is 1.71 bits per heavy atom. The monoisotopic (exact) mass is 485 g/mol. The predicted octanol–water partition coefficient (Wildman–Crippen LogP) is 4.97. The van der Waals surface area contributed by atoms with Gasteiger partial charge in [0.05, 0.1) is 17.6 Å². The fraction of sp³-hybridized carbons (Fsp3) is 0.481. The van der Waals surface area contributed by atoms with E-state index in [9.17, 15) is 9.18 Å². The molecule has 1 aromatic heterocycles. The molecule has 1 N–H and O–H groups in total. The smallest absolute Gasteiger partial charge is 0.219 e. The van der Waals surface area contributed by atoms with Gasteiger partial charge in [0.25, 0.3) is 0 Å². The number of imidazole rings is 1. The van der Waals surface area contributed by atoms with Gasteiger partial charge in [0.15, 0.2) is 0 Å². The molecule has 7 nitrogen and oxygen atoms in total. The molecular formula is C27H36FN3O4. The normalized spacial score (nSPS) is 11.2. The van der Waals surface area contributed by atoms with E-state index < -0.39 is 0 Å². The fourth-order valence-electron chi connectivity index (χ4n) is 3.89. The molecule has 0 radical (unpaired) electrons. The lowest BCUT2D eigenvalue weighted by molar-refractivity contribution is -0.121. The summed E-state index contributed by atoms with van der Waals surface area (Å²) in [5.74, 6) is 1.40. The third-order valence-corrected chi connectivity index (χ3v) is 5.72. The summed E-state index contributed by atoms with van der Waals surface area (Å²) in [4.78, 5) is 16.6. The number of aromatic nitrogens is 2. The molecule has 2 aromatic carbocycles. The Morgan fingerprint density at radius 3 is 2.49 bits per heavy atom. The van der Waals surface area contributed by atoms with E-state index >= 15 is 0 Å². The first-order valence-electron chi connectivity index (χ1n) is 12.3. The second kappa shape index (κ2) is 14.4. The Labute approximate surface area is 206 Å². The van der Waals surface area contributed by atoms with Gasteiger partial charge >= 0.3 is 0 Å². The van der Waals surface area contributed by atoms with Gasteiger partial charge in [0.2, 0.25) is 5.91 Å². The van der Waals surface area contributed by atoms with Crippen molar-refractivity contribution in [3.05, 3.63) is 48.3 Å². The minimum absolute atomic E-state index is 0.0890. The van der Waals surface area contributed by atoms with Crippen LogP contribution < -0.4 is 10.1 Å². The number of hydrogen-bond donors (Lipinski definition) is 1. The number of aryl methyl sites for hydroxylation is 1. The lowest BCUT2D eigenvalue weighted by Gasteiger charge is -2.11. The molecule has 0 aliphatic heterocycles. The Bertz CT molecular complexity index is 1050. The zero-order valence-corrected chi connectivity index (χ0v) is 20.7. The number of benzene rings is 2. The number of amides is 1. The minimum Gasteiger partial charge on any atom is -0.494 e. The number of nitrogens with one attached hydrogen (secondary N) is 1. The highest BCUT2D eigenvalue weighted by atomic mass is 19.1. The lowest BCUT2D eigenvalue weighted by atomic mass is 10.2. The van der Waals surface area contributed by atoms with Crippen LogP contribution >= 0.6 is 0 Å². The molecular weight excluding hydrogens is 449 g/mol. The van der Waals surface area contributed by atoms with Gasteiger partial charge in [0.1, 0.15) is 17.4 Å². The number of carbonyl (C=O) groups is 1. The van der Waals surface area contributed by atoms with Crippen molar-refractivity contribution in [1.82, 2.24) is 14.9 Å². The highest BCUT2D eigenvalue weighted by Crippen LogP contribution is 2.28. The topological polar surface area (TPSA) is 74.6 Å². The van der Waals surface area contributed by atoms with Crippen molar-refractivity contribution < 1.29 is 23.4 Å². The largest absolute Gasteiger partial charge is 0.494 e. The van der Waals surface area contributed by atoms with Crippen molar-refractivity contribution in [1.29, 1.82) is 0 Å². The minimum atomic E-state index is -0.269. The molecule has 0 saturated heterocycles. The van der Waals surface area contributed by atoms with Crippen molar-refractivity contribution in [3.8, 4) is 17.1 Å². The molecule has 0 atom stereocenters. The number of hydrogen-bond acceptors (Lipinski definition) is 5. The standard InChI is InChI=1S/C27H36FN3O4/c1-33-17-6-15-29-26(32)8-4-3-5-19-35-23-13-14-24-25(20-23)31(16-7-18-34-2)27(30-24)21-9-11-22(28)12-10-21/h9-14,20H,3-8,15-19H2,1-2H3,(H,29,32). The molecule has 1 heterocycles. The Morgan fingerprint density at radius 1 is 0.943 bits per heavy atom. The molecule has 0 saturated carbocycles. The summed E-state index contributed by atoms with van der Waals surface area (Å²) in [6, 6.07) is 12.3. The van der Waals surface area contributed by atoms with E-state index in [0.717, 1.165) is 66.8 Å². The second-order valence-corrected chi connectivity index (χ2v) is 8.45. The summed E-state index contributed by atoms with van der Waals surface area (Å²) in [6.07, 6.45) is 4.84. The van der Waals surface area contributed by atoms with Crippen LogP contribution in [0.5, 0.6) is 5.75 Å². The third kappa shape index (κ3) is 8.33. The first-order chi connectivity index (χ1) is 17.1. The maximum atomic E-state index is 13.4. The van der Waals surface area contributed by atoms with Crippen LogP contribution in [0.1, 0.15) is 38.5 Å². The Kier molecular flexibility index (Phi) is 11.0. The number of halogens is 1. The summed E-state index contributed by atoms with van der Waals surface area (Å²) in [7, 11) is 3.35. The van der Waals surface area contributed by atoms with Gasteiger partial charge in [-0.3, -0.25) is 4.79 Å². The number of ether oxygens (including phenoxy) is 3. The van der Waals surface area contributed by atoms with E-state index in [-0.39, 0.29) is 11.7 Å². The van der Waals surface area contributed by atoms with Gasteiger partial charge in [-0.25, -0.2) is 9.37 Å². The predicted molar refractivity (Wildman–Crippen MR) is 135 cm³/mol. The molecule has 1 amide bonds. The maximum absolute atomic E-state index is 13.4.